The minimum atomic E-state index is -0.933. The van der Waals surface area contributed by atoms with Crippen LogP contribution in [0.25, 0.3) is 0 Å². The van der Waals surface area contributed by atoms with Crippen LogP contribution in [0.2, 0.25) is 0 Å². The van der Waals surface area contributed by atoms with Crippen LogP contribution in [-0.2, 0) is 11.2 Å². The van der Waals surface area contributed by atoms with Gasteiger partial charge in [-0.2, -0.15) is 0 Å². The number of benzene rings is 2. The quantitative estimate of drug-likeness (QED) is 0.755. The van der Waals surface area contributed by atoms with E-state index in [1.165, 1.54) is 0 Å². The van der Waals surface area contributed by atoms with Crippen LogP contribution in [0, 0.1) is 0 Å². The zero-order valence-corrected chi connectivity index (χ0v) is 11.3. The molecule has 0 radical (unpaired) electrons. The van der Waals surface area contributed by atoms with Crippen LogP contribution in [0.4, 0.5) is 5.69 Å². The van der Waals surface area contributed by atoms with Gasteiger partial charge in [0.1, 0.15) is 6.04 Å². The standard InChI is InChI=1S/C16H16N2O3/c17-15(19)12-6-8-13(9-7-12)18-14(16(20)21)10-11-4-2-1-3-5-11/h1-9,14,18H,10H2,(H2,17,19)(H,20,21). The Labute approximate surface area is 122 Å². The molecule has 2 aromatic carbocycles. The van der Waals surface area contributed by atoms with E-state index in [1.807, 2.05) is 30.3 Å². The average molecular weight is 284 g/mol. The normalized spacial score (nSPS) is 11.6. The van der Waals surface area contributed by atoms with Gasteiger partial charge in [-0.1, -0.05) is 30.3 Å². The van der Waals surface area contributed by atoms with Crippen LogP contribution in [0.3, 0.4) is 0 Å². The van der Waals surface area contributed by atoms with Gasteiger partial charge in [0.15, 0.2) is 0 Å². The Balaban J connectivity index is 2.09. The lowest BCUT2D eigenvalue weighted by Gasteiger charge is -2.16. The Morgan fingerprint density at radius 2 is 1.67 bits per heavy atom. The van der Waals surface area contributed by atoms with E-state index in [1.54, 1.807) is 24.3 Å². The van der Waals surface area contributed by atoms with Crippen LogP contribution in [0.1, 0.15) is 15.9 Å². The second-order valence-electron chi connectivity index (χ2n) is 4.67. The molecular weight excluding hydrogens is 268 g/mol. The van der Waals surface area contributed by atoms with Gasteiger partial charge in [-0.15, -0.1) is 0 Å². The second kappa shape index (κ2) is 6.56. The van der Waals surface area contributed by atoms with Crippen LogP contribution in [0.5, 0.6) is 0 Å². The van der Waals surface area contributed by atoms with E-state index in [2.05, 4.69) is 5.32 Å². The third-order valence-corrected chi connectivity index (χ3v) is 3.09. The molecule has 5 heteroatoms. The third kappa shape index (κ3) is 4.07. The molecular formula is C16H16N2O3. The summed E-state index contributed by atoms with van der Waals surface area (Å²) >= 11 is 0. The number of hydrogen-bond donors (Lipinski definition) is 3. The molecule has 0 saturated heterocycles. The highest BCUT2D eigenvalue weighted by molar-refractivity contribution is 5.93. The fourth-order valence-electron chi connectivity index (χ4n) is 1.98. The maximum Gasteiger partial charge on any atom is 0.326 e. The van der Waals surface area contributed by atoms with Crippen molar-refractivity contribution in [1.29, 1.82) is 0 Å². The Kier molecular flexibility index (Phi) is 4.56. The van der Waals surface area contributed by atoms with E-state index in [0.29, 0.717) is 17.7 Å². The summed E-state index contributed by atoms with van der Waals surface area (Å²) in [4.78, 5) is 22.3. The molecule has 0 heterocycles. The van der Waals surface area contributed by atoms with Crippen molar-refractivity contribution >= 4 is 17.6 Å². The van der Waals surface area contributed by atoms with E-state index < -0.39 is 17.9 Å². The molecule has 2 aromatic rings. The van der Waals surface area contributed by atoms with Crippen molar-refractivity contribution in [2.75, 3.05) is 5.32 Å². The van der Waals surface area contributed by atoms with Crippen LogP contribution < -0.4 is 11.1 Å². The summed E-state index contributed by atoms with van der Waals surface area (Å²) in [6, 6.07) is 15.1. The third-order valence-electron chi connectivity index (χ3n) is 3.09. The molecule has 0 saturated carbocycles. The fraction of sp³-hybridized carbons (Fsp3) is 0.125. The SMILES string of the molecule is NC(=O)c1ccc(NC(Cc2ccccc2)C(=O)O)cc1. The summed E-state index contributed by atoms with van der Waals surface area (Å²) in [5, 5.41) is 12.2. The van der Waals surface area contributed by atoms with Crippen molar-refractivity contribution in [3.8, 4) is 0 Å². The van der Waals surface area contributed by atoms with E-state index in [-0.39, 0.29) is 0 Å². The molecule has 0 aliphatic heterocycles. The maximum atomic E-state index is 11.3. The Bertz CT molecular complexity index is 624. The number of nitrogens with two attached hydrogens (primary N) is 1. The second-order valence-corrected chi connectivity index (χ2v) is 4.67. The number of hydrogen-bond acceptors (Lipinski definition) is 3. The summed E-state index contributed by atoms with van der Waals surface area (Å²) < 4.78 is 0. The number of carbonyl (C=O) groups is 2. The molecule has 1 amide bonds. The molecule has 4 N–H and O–H groups in total. The number of carboxylic acids is 1. The lowest BCUT2D eigenvalue weighted by Crippen LogP contribution is -2.31. The van der Waals surface area contributed by atoms with Crippen molar-refractivity contribution in [2.45, 2.75) is 12.5 Å². The molecule has 0 bridgehead atoms. The first kappa shape index (κ1) is 14.6. The van der Waals surface area contributed by atoms with E-state index in [4.69, 9.17) is 5.73 Å². The first-order valence-electron chi connectivity index (χ1n) is 6.49. The number of nitrogens with one attached hydrogen (secondary N) is 1. The Morgan fingerprint density at radius 3 is 2.19 bits per heavy atom. The fourth-order valence-corrected chi connectivity index (χ4v) is 1.98. The zero-order valence-electron chi connectivity index (χ0n) is 11.3. The van der Waals surface area contributed by atoms with Crippen molar-refractivity contribution in [3.63, 3.8) is 0 Å². The number of anilines is 1. The summed E-state index contributed by atoms with van der Waals surface area (Å²) in [6.45, 7) is 0. The first-order valence-corrected chi connectivity index (χ1v) is 6.49. The number of carbonyl (C=O) groups excluding carboxylic acids is 1. The van der Waals surface area contributed by atoms with Gasteiger partial charge in [-0.05, 0) is 29.8 Å². The van der Waals surface area contributed by atoms with Gasteiger partial charge >= 0.3 is 5.97 Å². The highest BCUT2D eigenvalue weighted by atomic mass is 16.4. The van der Waals surface area contributed by atoms with Gasteiger partial charge in [0.05, 0.1) is 0 Å². The highest BCUT2D eigenvalue weighted by Crippen LogP contribution is 2.13. The molecule has 0 aliphatic rings. The molecule has 21 heavy (non-hydrogen) atoms. The molecule has 0 aromatic heterocycles. The van der Waals surface area contributed by atoms with Gasteiger partial charge < -0.3 is 16.2 Å². The van der Waals surface area contributed by atoms with Crippen molar-refractivity contribution < 1.29 is 14.7 Å². The van der Waals surface area contributed by atoms with E-state index >= 15 is 0 Å². The number of aliphatic carboxylic acids is 1. The highest BCUT2D eigenvalue weighted by Gasteiger charge is 2.17. The monoisotopic (exact) mass is 284 g/mol. The first-order chi connectivity index (χ1) is 10.1. The largest absolute Gasteiger partial charge is 0.480 e. The van der Waals surface area contributed by atoms with Gasteiger partial charge in [0, 0.05) is 17.7 Å². The summed E-state index contributed by atoms with van der Waals surface area (Å²) in [5.41, 5.74) is 7.11. The summed E-state index contributed by atoms with van der Waals surface area (Å²) in [7, 11) is 0. The van der Waals surface area contributed by atoms with Gasteiger partial charge in [0.25, 0.3) is 0 Å². The molecule has 0 fully saturated rings. The van der Waals surface area contributed by atoms with Gasteiger partial charge in [-0.25, -0.2) is 4.79 Å². The number of rotatable bonds is 6. The summed E-state index contributed by atoms with van der Waals surface area (Å²) in [6.07, 6.45) is 0.369. The van der Waals surface area contributed by atoms with Gasteiger partial charge in [-0.3, -0.25) is 4.79 Å². The van der Waals surface area contributed by atoms with Crippen molar-refractivity contribution in [2.24, 2.45) is 5.73 Å². The van der Waals surface area contributed by atoms with E-state index in [0.717, 1.165) is 5.56 Å². The Hall–Kier alpha value is -2.82. The minimum absolute atomic E-state index is 0.369. The zero-order chi connectivity index (χ0) is 15.2. The maximum absolute atomic E-state index is 11.3. The van der Waals surface area contributed by atoms with Crippen LogP contribution in [-0.4, -0.2) is 23.0 Å². The molecule has 1 unspecified atom stereocenters. The number of amides is 1. The smallest absolute Gasteiger partial charge is 0.326 e. The minimum Gasteiger partial charge on any atom is -0.480 e. The summed E-state index contributed by atoms with van der Waals surface area (Å²) in [5.74, 6) is -1.45. The Morgan fingerprint density at radius 1 is 1.05 bits per heavy atom. The molecule has 0 spiro atoms. The van der Waals surface area contributed by atoms with Crippen LogP contribution >= 0.6 is 0 Å². The lowest BCUT2D eigenvalue weighted by atomic mass is 10.1. The van der Waals surface area contributed by atoms with Crippen molar-refractivity contribution in [3.05, 3.63) is 65.7 Å². The van der Waals surface area contributed by atoms with E-state index in [9.17, 15) is 14.7 Å². The molecule has 108 valence electrons. The molecule has 1 atom stereocenters. The average Bonchev–Trinajstić information content (AvgIpc) is 2.48. The molecule has 5 nitrogen and oxygen atoms in total. The van der Waals surface area contributed by atoms with Gasteiger partial charge in [0.2, 0.25) is 5.91 Å². The molecule has 2 rings (SSSR count). The predicted octanol–water partition coefficient (Wildman–Crippen LogP) is 1.89. The van der Waals surface area contributed by atoms with Crippen molar-refractivity contribution in [1.82, 2.24) is 0 Å². The van der Waals surface area contributed by atoms with Crippen LogP contribution in [0.15, 0.2) is 54.6 Å². The topological polar surface area (TPSA) is 92.4 Å². The lowest BCUT2D eigenvalue weighted by molar-refractivity contribution is -0.137. The molecule has 0 aliphatic carbocycles. The number of primary amides is 1. The number of carboxylic acid groups (broad SMARTS) is 1. The predicted molar refractivity (Wildman–Crippen MR) is 80.2 cm³/mol.